The van der Waals surface area contributed by atoms with Crippen LogP contribution in [0.15, 0.2) is 36.7 Å². The number of amides is 2. The average Bonchev–Trinajstić information content (AvgIpc) is 2.42. The number of hydrogen-bond donors (Lipinski definition) is 2. The number of rotatable bonds is 3. The van der Waals surface area contributed by atoms with E-state index in [1.807, 2.05) is 0 Å². The first kappa shape index (κ1) is 13.1. The van der Waals surface area contributed by atoms with Crippen molar-refractivity contribution in [3.8, 4) is 6.01 Å². The van der Waals surface area contributed by atoms with E-state index in [1.54, 1.807) is 24.3 Å². The largest absolute Gasteiger partial charge is 0.467 e. The number of urea groups is 1. The van der Waals surface area contributed by atoms with Gasteiger partial charge >= 0.3 is 12.0 Å². The van der Waals surface area contributed by atoms with Crippen molar-refractivity contribution >= 4 is 29.0 Å². The minimum Gasteiger partial charge on any atom is -0.467 e. The number of ether oxygens (including phenoxy) is 1. The van der Waals surface area contributed by atoms with Gasteiger partial charge in [0.05, 0.1) is 25.2 Å². The molecule has 0 bridgehead atoms. The van der Waals surface area contributed by atoms with E-state index in [9.17, 15) is 4.79 Å². The van der Waals surface area contributed by atoms with Crippen LogP contribution in [-0.4, -0.2) is 23.1 Å². The second-order valence-electron chi connectivity index (χ2n) is 3.54. The highest BCUT2D eigenvalue weighted by molar-refractivity contribution is 6.30. The molecule has 19 heavy (non-hydrogen) atoms. The number of anilines is 2. The Morgan fingerprint density at radius 3 is 2.26 bits per heavy atom. The molecule has 2 amide bonds. The van der Waals surface area contributed by atoms with Crippen molar-refractivity contribution in [1.82, 2.24) is 9.97 Å². The van der Waals surface area contributed by atoms with Crippen LogP contribution in [0, 0.1) is 0 Å². The van der Waals surface area contributed by atoms with Gasteiger partial charge in [-0.15, -0.1) is 0 Å². The highest BCUT2D eigenvalue weighted by Crippen LogP contribution is 2.14. The Morgan fingerprint density at radius 1 is 1.11 bits per heavy atom. The SMILES string of the molecule is COc1ncc(NC(=O)Nc2ccc(Cl)cc2)cn1. The monoisotopic (exact) mass is 278 g/mol. The molecule has 0 aliphatic heterocycles. The number of aromatic nitrogens is 2. The number of carbonyl (C=O) groups excluding carboxylic acids is 1. The zero-order valence-electron chi connectivity index (χ0n) is 10.1. The number of nitrogens with one attached hydrogen (secondary N) is 2. The van der Waals surface area contributed by atoms with Crippen LogP contribution in [0.3, 0.4) is 0 Å². The second-order valence-corrected chi connectivity index (χ2v) is 3.98. The molecule has 0 aliphatic carbocycles. The fourth-order valence-electron chi connectivity index (χ4n) is 1.31. The van der Waals surface area contributed by atoms with Crippen LogP contribution < -0.4 is 15.4 Å². The summed E-state index contributed by atoms with van der Waals surface area (Å²) in [6, 6.07) is 6.62. The lowest BCUT2D eigenvalue weighted by atomic mass is 10.3. The lowest BCUT2D eigenvalue weighted by Crippen LogP contribution is -2.19. The molecule has 7 heteroatoms. The Kier molecular flexibility index (Phi) is 4.15. The molecule has 6 nitrogen and oxygen atoms in total. The Hall–Kier alpha value is -2.34. The van der Waals surface area contributed by atoms with Gasteiger partial charge in [-0.3, -0.25) is 0 Å². The van der Waals surface area contributed by atoms with Crippen molar-refractivity contribution in [3.05, 3.63) is 41.7 Å². The maximum Gasteiger partial charge on any atom is 0.323 e. The summed E-state index contributed by atoms with van der Waals surface area (Å²) in [4.78, 5) is 19.4. The third-order valence-corrected chi connectivity index (χ3v) is 2.42. The van der Waals surface area contributed by atoms with Crippen LogP contribution in [0.2, 0.25) is 5.02 Å². The summed E-state index contributed by atoms with van der Waals surface area (Å²) >= 11 is 5.75. The Bertz CT molecular complexity index is 557. The molecule has 1 aromatic heterocycles. The van der Waals surface area contributed by atoms with Crippen LogP contribution >= 0.6 is 11.6 Å². The Balaban J connectivity index is 1.95. The van der Waals surface area contributed by atoms with Gasteiger partial charge in [-0.25, -0.2) is 14.8 Å². The lowest BCUT2D eigenvalue weighted by molar-refractivity contribution is 0.262. The molecule has 0 saturated carbocycles. The first-order chi connectivity index (χ1) is 9.17. The fraction of sp³-hybridized carbons (Fsp3) is 0.0833. The number of carbonyl (C=O) groups is 1. The molecule has 0 unspecified atom stereocenters. The van der Waals surface area contributed by atoms with E-state index in [1.165, 1.54) is 19.5 Å². The van der Waals surface area contributed by atoms with Crippen molar-refractivity contribution in [2.24, 2.45) is 0 Å². The lowest BCUT2D eigenvalue weighted by Gasteiger charge is -2.07. The summed E-state index contributed by atoms with van der Waals surface area (Å²) in [6.07, 6.45) is 2.90. The summed E-state index contributed by atoms with van der Waals surface area (Å²) in [5.41, 5.74) is 1.10. The van der Waals surface area contributed by atoms with Gasteiger partial charge in [0.2, 0.25) is 0 Å². The topological polar surface area (TPSA) is 76.1 Å². The van der Waals surface area contributed by atoms with E-state index >= 15 is 0 Å². The van der Waals surface area contributed by atoms with Gasteiger partial charge in [-0.2, -0.15) is 0 Å². The van der Waals surface area contributed by atoms with Crippen molar-refractivity contribution in [3.63, 3.8) is 0 Å². The van der Waals surface area contributed by atoms with Gasteiger partial charge in [0.25, 0.3) is 0 Å². The molecule has 2 N–H and O–H groups in total. The number of hydrogen-bond acceptors (Lipinski definition) is 4. The molecule has 0 saturated heterocycles. The summed E-state index contributed by atoms with van der Waals surface area (Å²) in [5.74, 6) is 0. The minimum absolute atomic E-state index is 0.239. The van der Waals surface area contributed by atoms with E-state index in [0.29, 0.717) is 16.4 Å². The molecule has 0 atom stereocenters. The standard InChI is InChI=1S/C12H11ClN4O2/c1-19-12-14-6-10(7-15-12)17-11(18)16-9-4-2-8(13)3-5-9/h2-7H,1H3,(H2,16,17,18). The first-order valence-corrected chi connectivity index (χ1v) is 5.75. The molecule has 0 spiro atoms. The summed E-state index contributed by atoms with van der Waals surface area (Å²) in [7, 11) is 1.47. The van der Waals surface area contributed by atoms with Crippen LogP contribution in [-0.2, 0) is 0 Å². The maximum absolute atomic E-state index is 11.7. The van der Waals surface area contributed by atoms with E-state index in [-0.39, 0.29) is 6.01 Å². The third-order valence-electron chi connectivity index (χ3n) is 2.17. The van der Waals surface area contributed by atoms with Crippen molar-refractivity contribution in [1.29, 1.82) is 0 Å². The zero-order chi connectivity index (χ0) is 13.7. The minimum atomic E-state index is -0.393. The van der Waals surface area contributed by atoms with Crippen LogP contribution in [0.25, 0.3) is 0 Å². The van der Waals surface area contributed by atoms with Crippen molar-refractivity contribution < 1.29 is 9.53 Å². The summed E-state index contributed by atoms with van der Waals surface area (Å²) in [6.45, 7) is 0. The molecule has 0 aliphatic rings. The Morgan fingerprint density at radius 2 is 1.68 bits per heavy atom. The van der Waals surface area contributed by atoms with Gasteiger partial charge in [0.15, 0.2) is 0 Å². The fourth-order valence-corrected chi connectivity index (χ4v) is 1.44. The van der Waals surface area contributed by atoms with Gasteiger partial charge in [0, 0.05) is 10.7 Å². The van der Waals surface area contributed by atoms with Crippen molar-refractivity contribution in [2.45, 2.75) is 0 Å². The summed E-state index contributed by atoms with van der Waals surface area (Å²) in [5, 5.41) is 5.85. The molecule has 98 valence electrons. The molecule has 1 aromatic carbocycles. The predicted octanol–water partition coefficient (Wildman–Crippen LogP) is 2.78. The van der Waals surface area contributed by atoms with E-state index < -0.39 is 6.03 Å². The number of nitrogens with zero attached hydrogens (tertiary/aromatic N) is 2. The van der Waals surface area contributed by atoms with Crippen LogP contribution in [0.4, 0.5) is 16.2 Å². The number of halogens is 1. The van der Waals surface area contributed by atoms with Crippen molar-refractivity contribution in [2.75, 3.05) is 17.7 Å². The zero-order valence-corrected chi connectivity index (χ0v) is 10.8. The first-order valence-electron chi connectivity index (χ1n) is 5.37. The summed E-state index contributed by atoms with van der Waals surface area (Å²) < 4.78 is 4.82. The maximum atomic E-state index is 11.7. The molecule has 2 aromatic rings. The normalized spacial score (nSPS) is 9.79. The van der Waals surface area contributed by atoms with E-state index in [0.717, 1.165) is 0 Å². The molecular weight excluding hydrogens is 268 g/mol. The van der Waals surface area contributed by atoms with E-state index in [2.05, 4.69) is 20.6 Å². The van der Waals surface area contributed by atoms with Gasteiger partial charge < -0.3 is 15.4 Å². The highest BCUT2D eigenvalue weighted by Gasteiger charge is 2.03. The predicted molar refractivity (Wildman–Crippen MR) is 72.7 cm³/mol. The molecule has 1 heterocycles. The third kappa shape index (κ3) is 3.82. The molecular formula is C12H11ClN4O2. The smallest absolute Gasteiger partial charge is 0.323 e. The van der Waals surface area contributed by atoms with Gasteiger partial charge in [0.1, 0.15) is 0 Å². The second kappa shape index (κ2) is 6.01. The van der Waals surface area contributed by atoms with Crippen LogP contribution in [0.1, 0.15) is 0 Å². The molecule has 0 radical (unpaired) electrons. The highest BCUT2D eigenvalue weighted by atomic mass is 35.5. The number of methoxy groups -OCH3 is 1. The van der Waals surface area contributed by atoms with Gasteiger partial charge in [-0.05, 0) is 24.3 Å². The van der Waals surface area contributed by atoms with Crippen LogP contribution in [0.5, 0.6) is 6.01 Å². The average molecular weight is 279 g/mol. The van der Waals surface area contributed by atoms with Gasteiger partial charge in [-0.1, -0.05) is 11.6 Å². The van der Waals surface area contributed by atoms with E-state index in [4.69, 9.17) is 16.3 Å². The molecule has 2 rings (SSSR count). The quantitative estimate of drug-likeness (QED) is 0.905. The molecule has 0 fully saturated rings. The number of benzene rings is 1. The Labute approximate surface area is 114 Å².